The van der Waals surface area contributed by atoms with Crippen LogP contribution in [0.5, 0.6) is 0 Å². The van der Waals surface area contributed by atoms with E-state index in [9.17, 15) is 0 Å². The summed E-state index contributed by atoms with van der Waals surface area (Å²) in [6.45, 7) is 2.86. The molecule has 0 fully saturated rings. The Labute approximate surface area is 58.7 Å². The van der Waals surface area contributed by atoms with Crippen molar-refractivity contribution in [1.82, 2.24) is 5.43 Å². The first-order valence-corrected chi connectivity index (χ1v) is 3.68. The summed E-state index contributed by atoms with van der Waals surface area (Å²) in [6.07, 6.45) is 0. The minimum absolute atomic E-state index is 0.776. The lowest BCUT2D eigenvalue weighted by Crippen LogP contribution is -2.19. The molecule has 0 amide bonds. The van der Waals surface area contributed by atoms with Crippen LogP contribution >= 0.6 is 11.3 Å². The standard InChI is InChI=1S/C6H10N2S/c1-5-2-6(3-8-7)9-4-5/h2,4,8H,3,7H2,1H3. The molecule has 1 heterocycles. The Balaban J connectivity index is 2.61. The molecule has 2 nitrogen and oxygen atoms in total. The lowest BCUT2D eigenvalue weighted by molar-refractivity contribution is 0.751. The fourth-order valence-electron chi connectivity index (χ4n) is 0.684. The van der Waals surface area contributed by atoms with Crippen molar-refractivity contribution < 1.29 is 0 Å². The number of hydrogen-bond donors (Lipinski definition) is 2. The van der Waals surface area contributed by atoms with Crippen LogP contribution in [0.1, 0.15) is 10.4 Å². The van der Waals surface area contributed by atoms with E-state index < -0.39 is 0 Å². The van der Waals surface area contributed by atoms with E-state index in [4.69, 9.17) is 5.84 Å². The normalized spacial score (nSPS) is 10.0. The molecule has 0 saturated carbocycles. The molecule has 1 aromatic heterocycles. The largest absolute Gasteiger partial charge is 0.271 e. The molecule has 0 aromatic carbocycles. The molecule has 0 bridgehead atoms. The Bertz CT molecular complexity index is 183. The number of aryl methyl sites for hydroxylation is 1. The Hall–Kier alpha value is -0.380. The van der Waals surface area contributed by atoms with E-state index in [2.05, 4.69) is 23.8 Å². The maximum Gasteiger partial charge on any atom is 0.0442 e. The van der Waals surface area contributed by atoms with E-state index in [1.54, 1.807) is 11.3 Å². The SMILES string of the molecule is Cc1csc(CNN)c1. The van der Waals surface area contributed by atoms with Crippen molar-refractivity contribution in [2.75, 3.05) is 0 Å². The van der Waals surface area contributed by atoms with Gasteiger partial charge in [0.15, 0.2) is 0 Å². The molecule has 9 heavy (non-hydrogen) atoms. The minimum atomic E-state index is 0.776. The summed E-state index contributed by atoms with van der Waals surface area (Å²) in [5.41, 5.74) is 3.92. The van der Waals surface area contributed by atoms with Crippen LogP contribution in [-0.2, 0) is 6.54 Å². The summed E-state index contributed by atoms with van der Waals surface area (Å²) >= 11 is 1.73. The van der Waals surface area contributed by atoms with Crippen molar-refractivity contribution >= 4 is 11.3 Å². The third-order valence-corrected chi connectivity index (χ3v) is 2.12. The van der Waals surface area contributed by atoms with Crippen LogP contribution in [-0.4, -0.2) is 0 Å². The summed E-state index contributed by atoms with van der Waals surface area (Å²) < 4.78 is 0. The number of rotatable bonds is 2. The van der Waals surface area contributed by atoms with E-state index >= 15 is 0 Å². The topological polar surface area (TPSA) is 38.0 Å². The van der Waals surface area contributed by atoms with Gasteiger partial charge in [0.2, 0.25) is 0 Å². The van der Waals surface area contributed by atoms with E-state index in [0.717, 1.165) is 6.54 Å². The van der Waals surface area contributed by atoms with Gasteiger partial charge in [0.1, 0.15) is 0 Å². The Morgan fingerprint density at radius 2 is 2.56 bits per heavy atom. The third-order valence-electron chi connectivity index (χ3n) is 1.06. The maximum absolute atomic E-state index is 5.13. The zero-order chi connectivity index (χ0) is 6.69. The second-order valence-electron chi connectivity index (χ2n) is 1.97. The summed E-state index contributed by atoms with van der Waals surface area (Å²) in [7, 11) is 0. The van der Waals surface area contributed by atoms with Gasteiger partial charge in [-0.15, -0.1) is 11.3 Å². The molecule has 0 unspecified atom stereocenters. The van der Waals surface area contributed by atoms with Gasteiger partial charge in [-0.25, -0.2) is 0 Å². The van der Waals surface area contributed by atoms with Crippen LogP contribution in [0, 0.1) is 6.92 Å². The van der Waals surface area contributed by atoms with Crippen molar-refractivity contribution in [2.24, 2.45) is 5.84 Å². The van der Waals surface area contributed by atoms with Crippen molar-refractivity contribution in [3.8, 4) is 0 Å². The predicted octanol–water partition coefficient (Wildman–Crippen LogP) is 1.02. The van der Waals surface area contributed by atoms with E-state index in [-0.39, 0.29) is 0 Å². The van der Waals surface area contributed by atoms with Crippen LogP contribution in [0.15, 0.2) is 11.4 Å². The van der Waals surface area contributed by atoms with E-state index in [0.29, 0.717) is 0 Å². The average Bonchev–Trinajstić information content (AvgIpc) is 2.17. The summed E-state index contributed by atoms with van der Waals surface area (Å²) in [4.78, 5) is 1.29. The highest BCUT2D eigenvalue weighted by atomic mass is 32.1. The summed E-state index contributed by atoms with van der Waals surface area (Å²) in [5, 5.41) is 2.12. The van der Waals surface area contributed by atoms with Gasteiger partial charge in [-0.2, -0.15) is 0 Å². The van der Waals surface area contributed by atoms with Gasteiger partial charge in [0.25, 0.3) is 0 Å². The molecule has 3 N–H and O–H groups in total. The number of hydrazine groups is 1. The highest BCUT2D eigenvalue weighted by Crippen LogP contribution is 2.12. The van der Waals surface area contributed by atoms with Gasteiger partial charge in [-0.3, -0.25) is 11.3 Å². The Morgan fingerprint density at radius 3 is 3.00 bits per heavy atom. The lowest BCUT2D eigenvalue weighted by atomic mass is 10.3. The zero-order valence-electron chi connectivity index (χ0n) is 5.35. The molecule has 0 aliphatic heterocycles. The van der Waals surface area contributed by atoms with Crippen LogP contribution < -0.4 is 11.3 Å². The lowest BCUT2D eigenvalue weighted by Gasteiger charge is -1.90. The highest BCUT2D eigenvalue weighted by Gasteiger charge is 1.92. The molecule has 1 rings (SSSR count). The van der Waals surface area contributed by atoms with Crippen LogP contribution in [0.3, 0.4) is 0 Å². The number of nitrogens with two attached hydrogens (primary N) is 1. The average molecular weight is 142 g/mol. The Kier molecular flexibility index (Phi) is 2.22. The quantitative estimate of drug-likeness (QED) is 0.478. The van der Waals surface area contributed by atoms with Gasteiger partial charge < -0.3 is 0 Å². The fourth-order valence-corrected chi connectivity index (χ4v) is 1.51. The van der Waals surface area contributed by atoms with Crippen molar-refractivity contribution in [1.29, 1.82) is 0 Å². The molecular weight excluding hydrogens is 132 g/mol. The number of thiophene rings is 1. The van der Waals surface area contributed by atoms with Gasteiger partial charge >= 0.3 is 0 Å². The molecule has 50 valence electrons. The summed E-state index contributed by atoms with van der Waals surface area (Å²) in [5.74, 6) is 5.13. The predicted molar refractivity (Wildman–Crippen MR) is 40.1 cm³/mol. The highest BCUT2D eigenvalue weighted by molar-refractivity contribution is 7.10. The molecule has 0 saturated heterocycles. The second kappa shape index (κ2) is 2.96. The van der Waals surface area contributed by atoms with E-state index in [1.807, 2.05) is 0 Å². The first-order chi connectivity index (χ1) is 4.33. The van der Waals surface area contributed by atoms with Gasteiger partial charge in [0, 0.05) is 11.4 Å². The number of nitrogens with one attached hydrogen (secondary N) is 1. The van der Waals surface area contributed by atoms with Crippen LogP contribution in [0.25, 0.3) is 0 Å². The molecule has 0 spiro atoms. The third kappa shape index (κ3) is 1.78. The molecular formula is C6H10N2S. The van der Waals surface area contributed by atoms with Crippen molar-refractivity contribution in [3.05, 3.63) is 21.9 Å². The second-order valence-corrected chi connectivity index (χ2v) is 2.97. The molecule has 1 aromatic rings. The van der Waals surface area contributed by atoms with Gasteiger partial charge in [-0.1, -0.05) is 0 Å². The molecule has 0 radical (unpaired) electrons. The minimum Gasteiger partial charge on any atom is -0.271 e. The molecule has 0 atom stereocenters. The van der Waals surface area contributed by atoms with Crippen molar-refractivity contribution in [2.45, 2.75) is 13.5 Å². The monoisotopic (exact) mass is 142 g/mol. The molecule has 0 aliphatic carbocycles. The van der Waals surface area contributed by atoms with Gasteiger partial charge in [0.05, 0.1) is 0 Å². The Morgan fingerprint density at radius 1 is 1.78 bits per heavy atom. The van der Waals surface area contributed by atoms with E-state index in [1.165, 1.54) is 10.4 Å². The van der Waals surface area contributed by atoms with Crippen LogP contribution in [0.2, 0.25) is 0 Å². The smallest absolute Gasteiger partial charge is 0.0442 e. The summed E-state index contributed by atoms with van der Waals surface area (Å²) in [6, 6.07) is 2.13. The van der Waals surface area contributed by atoms with Gasteiger partial charge in [-0.05, 0) is 23.9 Å². The zero-order valence-corrected chi connectivity index (χ0v) is 6.16. The molecule has 3 heteroatoms. The first kappa shape index (κ1) is 6.74. The maximum atomic E-state index is 5.13. The number of hydrogen-bond acceptors (Lipinski definition) is 3. The first-order valence-electron chi connectivity index (χ1n) is 2.80. The van der Waals surface area contributed by atoms with Crippen LogP contribution in [0.4, 0.5) is 0 Å². The fraction of sp³-hybridized carbons (Fsp3) is 0.333. The van der Waals surface area contributed by atoms with Crippen molar-refractivity contribution in [3.63, 3.8) is 0 Å². The molecule has 0 aliphatic rings.